The van der Waals surface area contributed by atoms with Gasteiger partial charge in [-0.3, -0.25) is 5.84 Å². The van der Waals surface area contributed by atoms with E-state index in [0.717, 1.165) is 21.3 Å². The number of ether oxygens (including phenoxy) is 1. The Bertz CT molecular complexity index is 573. The Labute approximate surface area is 128 Å². The highest BCUT2D eigenvalue weighted by atomic mass is 79.9. The summed E-state index contributed by atoms with van der Waals surface area (Å²) in [5.41, 5.74) is 7.55. The second-order valence-electron chi connectivity index (χ2n) is 4.84. The number of methoxy groups -OCH3 is 1. The van der Waals surface area contributed by atoms with Crippen molar-refractivity contribution >= 4 is 15.9 Å². The van der Waals surface area contributed by atoms with Crippen molar-refractivity contribution in [2.45, 2.75) is 19.9 Å². The lowest BCUT2D eigenvalue weighted by atomic mass is 9.96. The normalized spacial score (nSPS) is 12.2. The van der Waals surface area contributed by atoms with Crippen molar-refractivity contribution in [3.05, 3.63) is 63.1 Å². The molecule has 0 amide bonds. The van der Waals surface area contributed by atoms with Gasteiger partial charge in [0, 0.05) is 4.47 Å². The maximum atomic E-state index is 5.75. The minimum atomic E-state index is -0.0357. The highest BCUT2D eigenvalue weighted by Crippen LogP contribution is 2.29. The SMILES string of the molecule is COc1ccc(C(NN)c2cc(C)c(Br)c(C)c2)cc1. The topological polar surface area (TPSA) is 47.3 Å². The van der Waals surface area contributed by atoms with Gasteiger partial charge in [-0.25, -0.2) is 5.43 Å². The Morgan fingerprint density at radius 1 is 1.05 bits per heavy atom. The largest absolute Gasteiger partial charge is 0.497 e. The molecule has 106 valence electrons. The molecule has 0 radical (unpaired) electrons. The number of rotatable bonds is 4. The summed E-state index contributed by atoms with van der Waals surface area (Å²) in [6, 6.07) is 12.2. The monoisotopic (exact) mass is 334 g/mol. The van der Waals surface area contributed by atoms with Crippen LogP contribution in [0.25, 0.3) is 0 Å². The Morgan fingerprint density at radius 2 is 1.60 bits per heavy atom. The molecule has 3 N–H and O–H groups in total. The van der Waals surface area contributed by atoms with Gasteiger partial charge in [-0.2, -0.15) is 0 Å². The Kier molecular flexibility index (Phi) is 4.81. The smallest absolute Gasteiger partial charge is 0.118 e. The van der Waals surface area contributed by atoms with Crippen LogP contribution in [0.4, 0.5) is 0 Å². The molecule has 2 rings (SSSR count). The highest BCUT2D eigenvalue weighted by Gasteiger charge is 2.14. The maximum absolute atomic E-state index is 5.75. The fraction of sp³-hybridized carbons (Fsp3) is 0.250. The van der Waals surface area contributed by atoms with Crippen LogP contribution in [0.2, 0.25) is 0 Å². The average molecular weight is 335 g/mol. The number of aryl methyl sites for hydroxylation is 2. The Morgan fingerprint density at radius 3 is 2.05 bits per heavy atom. The summed E-state index contributed by atoms with van der Waals surface area (Å²) in [5, 5.41) is 0. The quantitative estimate of drug-likeness (QED) is 0.663. The molecule has 2 aromatic rings. The first kappa shape index (κ1) is 15.0. The third-order valence-electron chi connectivity index (χ3n) is 3.41. The predicted molar refractivity (Wildman–Crippen MR) is 85.8 cm³/mol. The summed E-state index contributed by atoms with van der Waals surface area (Å²) in [5.74, 6) is 6.59. The molecule has 0 aliphatic heterocycles. The summed E-state index contributed by atoms with van der Waals surface area (Å²) in [6.07, 6.45) is 0. The minimum Gasteiger partial charge on any atom is -0.497 e. The molecule has 4 heteroatoms. The van der Waals surface area contributed by atoms with E-state index in [2.05, 4.69) is 47.3 Å². The van der Waals surface area contributed by atoms with E-state index in [0.29, 0.717) is 0 Å². The minimum absolute atomic E-state index is 0.0357. The van der Waals surface area contributed by atoms with Crippen molar-refractivity contribution in [2.75, 3.05) is 7.11 Å². The third-order valence-corrected chi connectivity index (χ3v) is 4.66. The fourth-order valence-electron chi connectivity index (χ4n) is 2.33. The second kappa shape index (κ2) is 6.39. The van der Waals surface area contributed by atoms with Crippen LogP contribution in [0.5, 0.6) is 5.75 Å². The van der Waals surface area contributed by atoms with Gasteiger partial charge in [-0.15, -0.1) is 0 Å². The summed E-state index contributed by atoms with van der Waals surface area (Å²) in [7, 11) is 1.66. The lowest BCUT2D eigenvalue weighted by molar-refractivity contribution is 0.414. The van der Waals surface area contributed by atoms with Gasteiger partial charge in [0.25, 0.3) is 0 Å². The van der Waals surface area contributed by atoms with Crippen LogP contribution in [-0.4, -0.2) is 7.11 Å². The summed E-state index contributed by atoms with van der Waals surface area (Å²) >= 11 is 3.59. The molecule has 1 unspecified atom stereocenters. The lowest BCUT2D eigenvalue weighted by Crippen LogP contribution is -2.29. The van der Waals surface area contributed by atoms with Gasteiger partial charge in [0.15, 0.2) is 0 Å². The molecule has 1 atom stereocenters. The van der Waals surface area contributed by atoms with Crippen LogP contribution >= 0.6 is 15.9 Å². The molecule has 0 heterocycles. The molecule has 3 nitrogen and oxygen atoms in total. The van der Waals surface area contributed by atoms with Crippen LogP contribution < -0.4 is 16.0 Å². The van der Waals surface area contributed by atoms with Gasteiger partial charge in [-0.1, -0.05) is 40.2 Å². The number of benzene rings is 2. The van der Waals surface area contributed by atoms with Crippen molar-refractivity contribution in [3.8, 4) is 5.75 Å². The van der Waals surface area contributed by atoms with Crippen molar-refractivity contribution in [3.63, 3.8) is 0 Å². The van der Waals surface area contributed by atoms with E-state index in [4.69, 9.17) is 10.6 Å². The molecule has 0 bridgehead atoms. The molecule has 0 aliphatic rings. The number of nitrogens with one attached hydrogen (secondary N) is 1. The molecule has 0 spiro atoms. The fourth-order valence-corrected chi connectivity index (χ4v) is 2.56. The lowest BCUT2D eigenvalue weighted by Gasteiger charge is -2.19. The van der Waals surface area contributed by atoms with Crippen LogP contribution in [0.1, 0.15) is 28.3 Å². The van der Waals surface area contributed by atoms with Gasteiger partial charge < -0.3 is 4.74 Å². The van der Waals surface area contributed by atoms with Crippen molar-refractivity contribution < 1.29 is 4.74 Å². The van der Waals surface area contributed by atoms with Crippen molar-refractivity contribution in [1.29, 1.82) is 0 Å². The van der Waals surface area contributed by atoms with E-state index < -0.39 is 0 Å². The van der Waals surface area contributed by atoms with Gasteiger partial charge in [0.2, 0.25) is 0 Å². The van der Waals surface area contributed by atoms with E-state index in [1.165, 1.54) is 11.1 Å². The molecule has 0 aromatic heterocycles. The average Bonchev–Trinajstić information content (AvgIpc) is 2.46. The first-order chi connectivity index (χ1) is 9.56. The number of hydrogen-bond donors (Lipinski definition) is 2. The predicted octanol–water partition coefficient (Wildman–Crippen LogP) is 3.63. The van der Waals surface area contributed by atoms with Gasteiger partial charge in [0.1, 0.15) is 5.75 Å². The summed E-state index contributed by atoms with van der Waals surface area (Å²) in [4.78, 5) is 0. The van der Waals surface area contributed by atoms with E-state index in [1.807, 2.05) is 24.3 Å². The van der Waals surface area contributed by atoms with Gasteiger partial charge >= 0.3 is 0 Å². The standard InChI is InChI=1S/C16H19BrN2O/c1-10-8-13(9-11(2)15(10)17)16(19-18)12-4-6-14(20-3)7-5-12/h4-9,16,19H,18H2,1-3H3. The number of nitrogens with two attached hydrogens (primary N) is 1. The first-order valence-electron chi connectivity index (χ1n) is 6.43. The van der Waals surface area contributed by atoms with Crippen LogP contribution in [0.15, 0.2) is 40.9 Å². The number of halogens is 1. The van der Waals surface area contributed by atoms with E-state index in [-0.39, 0.29) is 6.04 Å². The molecule has 0 aliphatic carbocycles. The zero-order chi connectivity index (χ0) is 14.7. The number of hydrazine groups is 1. The van der Waals surface area contributed by atoms with Crippen LogP contribution in [-0.2, 0) is 0 Å². The zero-order valence-corrected chi connectivity index (χ0v) is 13.5. The van der Waals surface area contributed by atoms with Crippen LogP contribution in [0, 0.1) is 13.8 Å². The molecule has 0 fully saturated rings. The molecular formula is C16H19BrN2O. The summed E-state index contributed by atoms with van der Waals surface area (Å²) in [6.45, 7) is 4.17. The van der Waals surface area contributed by atoms with E-state index in [1.54, 1.807) is 7.11 Å². The molecule has 20 heavy (non-hydrogen) atoms. The van der Waals surface area contributed by atoms with Gasteiger partial charge in [0.05, 0.1) is 13.2 Å². The Hall–Kier alpha value is -1.36. The molecule has 0 saturated heterocycles. The Balaban J connectivity index is 2.41. The van der Waals surface area contributed by atoms with Crippen molar-refractivity contribution in [1.82, 2.24) is 5.43 Å². The third kappa shape index (κ3) is 3.03. The van der Waals surface area contributed by atoms with E-state index >= 15 is 0 Å². The van der Waals surface area contributed by atoms with E-state index in [9.17, 15) is 0 Å². The first-order valence-corrected chi connectivity index (χ1v) is 7.23. The summed E-state index contributed by atoms with van der Waals surface area (Å²) < 4.78 is 6.33. The second-order valence-corrected chi connectivity index (χ2v) is 5.63. The molecule has 2 aromatic carbocycles. The maximum Gasteiger partial charge on any atom is 0.118 e. The highest BCUT2D eigenvalue weighted by molar-refractivity contribution is 9.10. The molecule has 0 saturated carbocycles. The molecular weight excluding hydrogens is 316 g/mol. The zero-order valence-electron chi connectivity index (χ0n) is 11.9. The van der Waals surface area contributed by atoms with Crippen LogP contribution in [0.3, 0.4) is 0 Å². The van der Waals surface area contributed by atoms with Gasteiger partial charge in [-0.05, 0) is 48.2 Å². The van der Waals surface area contributed by atoms with Crippen molar-refractivity contribution in [2.24, 2.45) is 5.84 Å². The number of hydrogen-bond acceptors (Lipinski definition) is 3.